The van der Waals surface area contributed by atoms with E-state index in [1.165, 1.54) is 12.4 Å². The summed E-state index contributed by atoms with van der Waals surface area (Å²) in [6.45, 7) is 5.62. The zero-order valence-electron chi connectivity index (χ0n) is 16.5. The Bertz CT molecular complexity index is 1180. The van der Waals surface area contributed by atoms with E-state index in [9.17, 15) is 14.0 Å². The molecule has 0 saturated heterocycles. The first-order valence-electron chi connectivity index (χ1n) is 9.48. The topological polar surface area (TPSA) is 87.7 Å². The van der Waals surface area contributed by atoms with E-state index < -0.39 is 0 Å². The predicted octanol–water partition coefficient (Wildman–Crippen LogP) is 3.81. The number of aromatic amines is 1. The summed E-state index contributed by atoms with van der Waals surface area (Å²) in [6.07, 6.45) is 2.04. The maximum Gasteiger partial charge on any atom is 0.256 e. The number of fused-ring (bicyclic) bond motifs is 1. The number of nitrogens with zero attached hydrogens (tertiary/aromatic N) is 2. The lowest BCUT2D eigenvalue weighted by molar-refractivity contribution is -0.117. The van der Waals surface area contributed by atoms with Gasteiger partial charge in [0, 0.05) is 29.7 Å². The molecule has 0 unspecified atom stereocenters. The van der Waals surface area contributed by atoms with Crippen molar-refractivity contribution in [3.05, 3.63) is 69.3 Å². The van der Waals surface area contributed by atoms with Crippen molar-refractivity contribution in [2.45, 2.75) is 39.5 Å². The number of aryl methyl sites for hydroxylation is 1. The number of ketones is 1. The number of hydrogen-bond donors (Lipinski definition) is 2. The van der Waals surface area contributed by atoms with Gasteiger partial charge in [0.1, 0.15) is 23.7 Å². The number of halogens is 1. The monoisotopic (exact) mass is 392 g/mol. The zero-order chi connectivity index (χ0) is 20.7. The minimum atomic E-state index is -0.316. The minimum Gasteiger partial charge on any atom is -0.338 e. The highest BCUT2D eigenvalue weighted by Gasteiger charge is 2.24. The molecule has 0 amide bonds. The number of anilines is 2. The lowest BCUT2D eigenvalue weighted by Gasteiger charge is -2.17. The van der Waals surface area contributed by atoms with Gasteiger partial charge >= 0.3 is 0 Å². The summed E-state index contributed by atoms with van der Waals surface area (Å²) in [7, 11) is 0. The molecule has 0 fully saturated rings. The third kappa shape index (κ3) is 3.55. The Hall–Kier alpha value is -3.35. The quantitative estimate of drug-likeness (QED) is 0.705. The Balaban J connectivity index is 1.83. The summed E-state index contributed by atoms with van der Waals surface area (Å²) in [5, 5.41) is 3.29. The molecule has 0 spiro atoms. The fraction of sp³-hybridized carbons (Fsp3) is 0.273. The standard InChI is InChI=1S/C22H21FN4O2/c1-11(2)20-19(26-21-16-7-14(28)8-18(16)24-10-25-21)9-15(22(29)27-20)13-4-5-17(23)12(3)6-13/h4-6,9-11H,7-8H2,1-3H3,(H,27,29)(H,24,25,26). The van der Waals surface area contributed by atoms with Gasteiger partial charge in [-0.15, -0.1) is 0 Å². The second-order valence-electron chi connectivity index (χ2n) is 7.62. The molecule has 2 N–H and O–H groups in total. The Labute approximate surface area is 167 Å². The summed E-state index contributed by atoms with van der Waals surface area (Å²) >= 11 is 0. The Morgan fingerprint density at radius 3 is 2.66 bits per heavy atom. The zero-order valence-corrected chi connectivity index (χ0v) is 16.5. The van der Waals surface area contributed by atoms with Gasteiger partial charge < -0.3 is 10.3 Å². The van der Waals surface area contributed by atoms with Crippen molar-refractivity contribution in [3.8, 4) is 11.1 Å². The normalized spacial score (nSPS) is 13.1. The lowest BCUT2D eigenvalue weighted by atomic mass is 10.0. The molecule has 6 nitrogen and oxygen atoms in total. The van der Waals surface area contributed by atoms with E-state index in [2.05, 4.69) is 20.3 Å². The Morgan fingerprint density at radius 1 is 1.14 bits per heavy atom. The minimum absolute atomic E-state index is 0.0470. The molecular formula is C22H21FN4O2. The van der Waals surface area contributed by atoms with Crippen LogP contribution in [0.15, 0.2) is 35.4 Å². The molecule has 0 aliphatic heterocycles. The predicted molar refractivity (Wildman–Crippen MR) is 109 cm³/mol. The average Bonchev–Trinajstić information content (AvgIpc) is 3.06. The summed E-state index contributed by atoms with van der Waals surface area (Å²) in [6, 6.07) is 6.36. The molecule has 2 heterocycles. The molecule has 1 aliphatic carbocycles. The first-order chi connectivity index (χ1) is 13.8. The molecule has 29 heavy (non-hydrogen) atoms. The van der Waals surface area contributed by atoms with Crippen molar-refractivity contribution in [1.29, 1.82) is 0 Å². The molecular weight excluding hydrogens is 371 g/mol. The van der Waals surface area contributed by atoms with E-state index in [0.717, 1.165) is 17.0 Å². The fourth-order valence-electron chi connectivity index (χ4n) is 3.60. The van der Waals surface area contributed by atoms with Gasteiger partial charge in [-0.2, -0.15) is 0 Å². The van der Waals surface area contributed by atoms with Gasteiger partial charge in [0.25, 0.3) is 5.56 Å². The van der Waals surface area contributed by atoms with Crippen LogP contribution in [0.4, 0.5) is 15.9 Å². The lowest BCUT2D eigenvalue weighted by Crippen LogP contribution is -2.15. The SMILES string of the molecule is Cc1cc(-c2cc(Nc3ncnc4c3CC(=O)C4)c(C(C)C)[nH]c2=O)ccc1F. The largest absolute Gasteiger partial charge is 0.338 e. The third-order valence-corrected chi connectivity index (χ3v) is 5.14. The fourth-order valence-corrected chi connectivity index (χ4v) is 3.60. The van der Waals surface area contributed by atoms with Crippen molar-refractivity contribution in [1.82, 2.24) is 15.0 Å². The molecule has 148 valence electrons. The van der Waals surface area contributed by atoms with E-state index in [-0.39, 0.29) is 23.1 Å². The molecule has 1 aromatic carbocycles. The summed E-state index contributed by atoms with van der Waals surface area (Å²) in [5.41, 5.74) is 4.24. The van der Waals surface area contributed by atoms with Crippen LogP contribution in [0.25, 0.3) is 11.1 Å². The first kappa shape index (κ1) is 19.0. The van der Waals surface area contributed by atoms with Crippen molar-refractivity contribution < 1.29 is 9.18 Å². The summed E-state index contributed by atoms with van der Waals surface area (Å²) in [5.74, 6) is 0.405. The van der Waals surface area contributed by atoms with Gasteiger partial charge in [0.05, 0.1) is 11.4 Å². The number of hydrogen-bond acceptors (Lipinski definition) is 5. The molecule has 4 rings (SSSR count). The van der Waals surface area contributed by atoms with Crippen LogP contribution in [-0.4, -0.2) is 20.7 Å². The third-order valence-electron chi connectivity index (χ3n) is 5.14. The van der Waals surface area contributed by atoms with Crippen LogP contribution in [-0.2, 0) is 17.6 Å². The number of rotatable bonds is 4. The van der Waals surface area contributed by atoms with Crippen LogP contribution in [0.5, 0.6) is 0 Å². The first-order valence-corrected chi connectivity index (χ1v) is 9.48. The summed E-state index contributed by atoms with van der Waals surface area (Å²) in [4.78, 5) is 36.0. The highest BCUT2D eigenvalue weighted by Crippen LogP contribution is 2.31. The van der Waals surface area contributed by atoms with Crippen LogP contribution in [0.2, 0.25) is 0 Å². The van der Waals surface area contributed by atoms with E-state index in [1.807, 2.05) is 13.8 Å². The van der Waals surface area contributed by atoms with Crippen molar-refractivity contribution >= 4 is 17.3 Å². The van der Waals surface area contributed by atoms with Gasteiger partial charge in [0.15, 0.2) is 0 Å². The molecule has 0 saturated carbocycles. The Morgan fingerprint density at radius 2 is 1.93 bits per heavy atom. The molecule has 0 bridgehead atoms. The van der Waals surface area contributed by atoms with Gasteiger partial charge in [-0.3, -0.25) is 9.59 Å². The Kier molecular flexibility index (Phi) is 4.74. The molecule has 0 atom stereocenters. The number of nitrogens with one attached hydrogen (secondary N) is 2. The number of aromatic nitrogens is 3. The smallest absolute Gasteiger partial charge is 0.256 e. The van der Waals surface area contributed by atoms with Crippen LogP contribution in [0, 0.1) is 12.7 Å². The second kappa shape index (κ2) is 7.24. The number of H-pyrrole nitrogens is 1. The van der Waals surface area contributed by atoms with Crippen LogP contribution >= 0.6 is 0 Å². The number of pyridine rings is 1. The maximum absolute atomic E-state index is 13.7. The number of benzene rings is 1. The van der Waals surface area contributed by atoms with Gasteiger partial charge in [-0.05, 0) is 42.2 Å². The van der Waals surface area contributed by atoms with E-state index in [0.29, 0.717) is 41.0 Å². The van der Waals surface area contributed by atoms with Gasteiger partial charge in [-0.1, -0.05) is 19.9 Å². The number of carbonyl (C=O) groups is 1. The van der Waals surface area contributed by atoms with E-state index in [1.54, 1.807) is 25.1 Å². The van der Waals surface area contributed by atoms with Gasteiger partial charge in [0.2, 0.25) is 0 Å². The van der Waals surface area contributed by atoms with E-state index >= 15 is 0 Å². The van der Waals surface area contributed by atoms with Crippen LogP contribution in [0.1, 0.15) is 42.3 Å². The molecule has 0 radical (unpaired) electrons. The highest BCUT2D eigenvalue weighted by molar-refractivity contribution is 5.89. The van der Waals surface area contributed by atoms with Crippen LogP contribution in [0.3, 0.4) is 0 Å². The van der Waals surface area contributed by atoms with Gasteiger partial charge in [-0.25, -0.2) is 14.4 Å². The molecule has 3 aromatic rings. The number of Topliss-reactive ketones (excluding diaryl/α,β-unsaturated/α-hetero) is 1. The number of carbonyl (C=O) groups excluding carboxylic acids is 1. The molecule has 7 heteroatoms. The maximum atomic E-state index is 13.7. The molecule has 2 aromatic heterocycles. The summed E-state index contributed by atoms with van der Waals surface area (Å²) < 4.78 is 13.7. The van der Waals surface area contributed by atoms with E-state index in [4.69, 9.17) is 0 Å². The van der Waals surface area contributed by atoms with Crippen LogP contribution < -0.4 is 10.9 Å². The highest BCUT2D eigenvalue weighted by atomic mass is 19.1. The second-order valence-corrected chi connectivity index (χ2v) is 7.62. The average molecular weight is 392 g/mol. The van der Waals surface area contributed by atoms with Crippen molar-refractivity contribution in [2.24, 2.45) is 0 Å². The van der Waals surface area contributed by atoms with Crippen molar-refractivity contribution in [3.63, 3.8) is 0 Å². The molecule has 1 aliphatic rings. The van der Waals surface area contributed by atoms with Crippen molar-refractivity contribution in [2.75, 3.05) is 5.32 Å².